The van der Waals surface area contributed by atoms with Crippen LogP contribution in [0.3, 0.4) is 0 Å². The Morgan fingerprint density at radius 2 is 2.10 bits per heavy atom. The number of ether oxygens (including phenoxy) is 1. The molecule has 1 fully saturated rings. The van der Waals surface area contributed by atoms with Gasteiger partial charge in [-0.3, -0.25) is 0 Å². The zero-order valence-corrected chi connectivity index (χ0v) is 16.9. The highest BCUT2D eigenvalue weighted by Crippen LogP contribution is 2.31. The minimum Gasteiger partial charge on any atom is -0.489 e. The van der Waals surface area contributed by atoms with E-state index >= 15 is 0 Å². The monoisotopic (exact) mass is 414 g/mol. The summed E-state index contributed by atoms with van der Waals surface area (Å²) in [5.41, 5.74) is 2.90. The predicted octanol–water partition coefficient (Wildman–Crippen LogP) is 1.86. The Morgan fingerprint density at radius 3 is 2.76 bits per heavy atom. The first-order chi connectivity index (χ1) is 13.7. The Hall–Kier alpha value is -2.86. The van der Waals surface area contributed by atoms with Gasteiger partial charge in [-0.25, -0.2) is 9.50 Å². The average Bonchev–Trinajstić information content (AvgIpc) is 3.15. The summed E-state index contributed by atoms with van der Waals surface area (Å²) in [6.07, 6.45) is 4.50. The summed E-state index contributed by atoms with van der Waals surface area (Å²) in [6.45, 7) is 5.61. The van der Waals surface area contributed by atoms with Gasteiger partial charge in [0, 0.05) is 43.5 Å². The van der Waals surface area contributed by atoms with E-state index in [-0.39, 0.29) is 19.0 Å². The number of hydrogen-bond acceptors (Lipinski definition) is 7. The van der Waals surface area contributed by atoms with Crippen LogP contribution in [0.5, 0.6) is 5.75 Å². The number of nitrogens with zero attached hydrogens (tertiary/aromatic N) is 5. The van der Waals surface area contributed by atoms with Crippen LogP contribution < -0.4 is 15.0 Å². The molecule has 29 heavy (non-hydrogen) atoms. The van der Waals surface area contributed by atoms with Crippen molar-refractivity contribution in [1.29, 1.82) is 5.26 Å². The van der Waals surface area contributed by atoms with Gasteiger partial charge >= 0.3 is 0 Å². The number of nitrogens with one attached hydrogen (secondary N) is 1. The molecule has 9 heteroatoms. The summed E-state index contributed by atoms with van der Waals surface area (Å²) in [7, 11) is 0. The number of nitriles is 1. The molecule has 1 aliphatic heterocycles. The molecule has 152 valence electrons. The van der Waals surface area contributed by atoms with Crippen molar-refractivity contribution in [3.05, 3.63) is 42.4 Å². The summed E-state index contributed by atoms with van der Waals surface area (Å²) in [6, 6.07) is 8.07. The highest BCUT2D eigenvalue weighted by molar-refractivity contribution is 5.85. The zero-order valence-electron chi connectivity index (χ0n) is 16.1. The molecule has 3 aromatic rings. The van der Waals surface area contributed by atoms with E-state index in [1.807, 2.05) is 24.4 Å². The van der Waals surface area contributed by atoms with Gasteiger partial charge in [-0.2, -0.15) is 10.4 Å². The molecule has 0 aliphatic carbocycles. The van der Waals surface area contributed by atoms with Crippen molar-refractivity contribution in [2.75, 3.05) is 37.7 Å². The van der Waals surface area contributed by atoms with E-state index in [1.54, 1.807) is 23.8 Å². The third kappa shape index (κ3) is 4.43. The van der Waals surface area contributed by atoms with Gasteiger partial charge in [-0.05, 0) is 25.1 Å². The van der Waals surface area contributed by atoms with Crippen molar-refractivity contribution in [3.63, 3.8) is 0 Å². The highest BCUT2D eigenvalue weighted by Gasteiger charge is 2.16. The lowest BCUT2D eigenvalue weighted by Crippen LogP contribution is -2.43. The van der Waals surface area contributed by atoms with Crippen molar-refractivity contribution in [2.45, 2.75) is 13.0 Å². The molecule has 0 amide bonds. The fourth-order valence-electron chi connectivity index (χ4n) is 3.32. The number of anilines is 1. The van der Waals surface area contributed by atoms with Crippen molar-refractivity contribution in [3.8, 4) is 22.9 Å². The molecule has 0 saturated carbocycles. The summed E-state index contributed by atoms with van der Waals surface area (Å²) in [5.74, 6) is 1.51. The molecule has 2 N–H and O–H groups in total. The molecular formula is C20H23ClN6O2. The van der Waals surface area contributed by atoms with Crippen molar-refractivity contribution in [1.82, 2.24) is 19.9 Å². The lowest BCUT2D eigenvalue weighted by atomic mass is 10.1. The number of rotatable bonds is 5. The summed E-state index contributed by atoms with van der Waals surface area (Å²) < 4.78 is 7.30. The zero-order chi connectivity index (χ0) is 19.5. The first-order valence-corrected chi connectivity index (χ1v) is 9.30. The molecule has 4 rings (SSSR count). The minimum atomic E-state index is -0.577. The number of aliphatic hydroxyl groups is 1. The molecule has 1 saturated heterocycles. The van der Waals surface area contributed by atoms with Gasteiger partial charge in [-0.15, -0.1) is 12.4 Å². The van der Waals surface area contributed by atoms with Crippen molar-refractivity contribution >= 4 is 23.7 Å². The van der Waals surface area contributed by atoms with E-state index in [0.717, 1.165) is 43.1 Å². The maximum atomic E-state index is 9.50. The van der Waals surface area contributed by atoms with Gasteiger partial charge in [0.1, 0.15) is 24.2 Å². The van der Waals surface area contributed by atoms with Crippen LogP contribution in [-0.2, 0) is 0 Å². The lowest BCUT2D eigenvalue weighted by molar-refractivity contribution is 0.122. The number of pyridine rings is 2. The van der Waals surface area contributed by atoms with Crippen LogP contribution in [0, 0.1) is 11.3 Å². The van der Waals surface area contributed by atoms with Gasteiger partial charge in [-0.1, -0.05) is 0 Å². The van der Waals surface area contributed by atoms with E-state index in [1.165, 1.54) is 0 Å². The van der Waals surface area contributed by atoms with E-state index in [4.69, 9.17) is 4.74 Å². The van der Waals surface area contributed by atoms with E-state index < -0.39 is 6.10 Å². The second kappa shape index (κ2) is 9.09. The first kappa shape index (κ1) is 20.9. The van der Waals surface area contributed by atoms with E-state index in [2.05, 4.69) is 26.4 Å². The molecule has 1 aliphatic rings. The summed E-state index contributed by atoms with van der Waals surface area (Å²) in [4.78, 5) is 6.88. The fourth-order valence-corrected chi connectivity index (χ4v) is 3.32. The molecule has 3 aromatic heterocycles. The van der Waals surface area contributed by atoms with Gasteiger partial charge in [0.25, 0.3) is 0 Å². The highest BCUT2D eigenvalue weighted by atomic mass is 35.5. The van der Waals surface area contributed by atoms with Crippen LogP contribution in [0.25, 0.3) is 16.6 Å². The van der Waals surface area contributed by atoms with Crippen LogP contribution >= 0.6 is 12.4 Å². The Labute approximate surface area is 175 Å². The topological polar surface area (TPSA) is 98.7 Å². The Morgan fingerprint density at radius 1 is 1.31 bits per heavy atom. The SMILES string of the molecule is C[C@@H](O)COc1cc(-c2ccc(N3CCNCC3)nc2)c2c(C#N)cnn2c1.Cl. The fraction of sp³-hybridized carbons (Fsp3) is 0.350. The molecular weight excluding hydrogens is 392 g/mol. The van der Waals surface area contributed by atoms with Crippen LogP contribution in [0.15, 0.2) is 36.8 Å². The number of aromatic nitrogens is 3. The number of halogens is 1. The normalized spacial score (nSPS) is 14.9. The molecule has 0 spiro atoms. The molecule has 0 unspecified atom stereocenters. The molecule has 4 heterocycles. The smallest absolute Gasteiger partial charge is 0.138 e. The van der Waals surface area contributed by atoms with Gasteiger partial charge in [0.15, 0.2) is 0 Å². The minimum absolute atomic E-state index is 0. The van der Waals surface area contributed by atoms with Gasteiger partial charge in [0.2, 0.25) is 0 Å². The Bertz CT molecular complexity index is 1010. The van der Waals surface area contributed by atoms with Crippen LogP contribution in [0.4, 0.5) is 5.82 Å². The maximum Gasteiger partial charge on any atom is 0.138 e. The number of piperazine rings is 1. The standard InChI is InChI=1S/C20H22N6O2.ClH/c1-14(27)13-28-17-8-18(20-16(9-21)11-24-26(20)12-17)15-2-3-19(23-10-15)25-6-4-22-5-7-25;/h2-3,8,10-12,14,22,27H,4-7,13H2,1H3;1H/t14-;/m1./s1. The van der Waals surface area contributed by atoms with Gasteiger partial charge in [0.05, 0.1) is 29.6 Å². The van der Waals surface area contributed by atoms with Crippen LogP contribution in [0.2, 0.25) is 0 Å². The Balaban J connectivity index is 0.00000240. The second-order valence-electron chi connectivity index (χ2n) is 6.85. The second-order valence-corrected chi connectivity index (χ2v) is 6.85. The largest absolute Gasteiger partial charge is 0.489 e. The number of fused-ring (bicyclic) bond motifs is 1. The van der Waals surface area contributed by atoms with Crippen LogP contribution in [-0.4, -0.2) is 58.6 Å². The molecule has 1 atom stereocenters. The van der Waals surface area contributed by atoms with E-state index in [0.29, 0.717) is 16.8 Å². The quantitative estimate of drug-likeness (QED) is 0.657. The first-order valence-electron chi connectivity index (χ1n) is 9.30. The molecule has 0 aromatic carbocycles. The van der Waals surface area contributed by atoms with Crippen molar-refractivity contribution in [2.24, 2.45) is 0 Å². The van der Waals surface area contributed by atoms with Crippen LogP contribution in [0.1, 0.15) is 12.5 Å². The summed E-state index contributed by atoms with van der Waals surface area (Å²) in [5, 5.41) is 26.6. The molecule has 0 bridgehead atoms. The molecule has 0 radical (unpaired) electrons. The maximum absolute atomic E-state index is 9.50. The predicted molar refractivity (Wildman–Crippen MR) is 113 cm³/mol. The third-order valence-corrected chi connectivity index (χ3v) is 4.70. The number of aliphatic hydroxyl groups excluding tert-OH is 1. The van der Waals surface area contributed by atoms with Crippen molar-refractivity contribution < 1.29 is 9.84 Å². The lowest BCUT2D eigenvalue weighted by Gasteiger charge is -2.28. The summed E-state index contributed by atoms with van der Waals surface area (Å²) >= 11 is 0. The number of hydrogen-bond donors (Lipinski definition) is 2. The van der Waals surface area contributed by atoms with E-state index in [9.17, 15) is 10.4 Å². The molecule has 8 nitrogen and oxygen atoms in total. The van der Waals surface area contributed by atoms with Gasteiger partial charge < -0.3 is 20.1 Å². The Kier molecular flexibility index (Phi) is 6.54. The third-order valence-electron chi connectivity index (χ3n) is 4.70. The average molecular weight is 415 g/mol.